The summed E-state index contributed by atoms with van der Waals surface area (Å²) < 4.78 is 29.2. The molecule has 1 aliphatic heterocycles. The number of aromatic amines is 1. The minimum atomic E-state index is -1.18. The van der Waals surface area contributed by atoms with Crippen LogP contribution < -0.4 is 5.32 Å². The third kappa shape index (κ3) is 5.46. The van der Waals surface area contributed by atoms with E-state index in [1.165, 1.54) is 18.2 Å². The van der Waals surface area contributed by atoms with Crippen LogP contribution in [0.4, 0.5) is 20.4 Å². The van der Waals surface area contributed by atoms with Gasteiger partial charge in [-0.05, 0) is 50.9 Å². The molecule has 0 bridgehead atoms. The summed E-state index contributed by atoms with van der Waals surface area (Å²) in [5.41, 5.74) is 0.238. The smallest absolute Gasteiger partial charge is 0.310 e. The molecule has 10 heteroatoms. The number of aliphatic carboxylic acids is 1. The molecule has 7 nitrogen and oxygen atoms in total. The zero-order chi connectivity index (χ0) is 25.2. The van der Waals surface area contributed by atoms with E-state index in [9.17, 15) is 18.7 Å². The van der Waals surface area contributed by atoms with Crippen LogP contribution in [-0.4, -0.2) is 43.7 Å². The van der Waals surface area contributed by atoms with Gasteiger partial charge in [0.25, 0.3) is 0 Å². The molecule has 0 unspecified atom stereocenters. The van der Waals surface area contributed by atoms with Crippen molar-refractivity contribution < 1.29 is 18.7 Å². The predicted molar refractivity (Wildman–Crippen MR) is 130 cm³/mol. The zero-order valence-corrected chi connectivity index (χ0v) is 20.4. The van der Waals surface area contributed by atoms with E-state index in [4.69, 9.17) is 11.6 Å². The molecule has 0 aliphatic carbocycles. The Kier molecular flexibility index (Phi) is 7.37. The van der Waals surface area contributed by atoms with Crippen LogP contribution in [0.5, 0.6) is 0 Å². The molecule has 1 aromatic carbocycles. The fourth-order valence-corrected chi connectivity index (χ4v) is 4.96. The number of aryl methyl sites for hydroxylation is 1. The molecule has 0 saturated carbocycles. The summed E-state index contributed by atoms with van der Waals surface area (Å²) >= 11 is 5.93. The lowest BCUT2D eigenvalue weighted by atomic mass is 9.71. The van der Waals surface area contributed by atoms with Crippen molar-refractivity contribution in [3.63, 3.8) is 0 Å². The quantitative estimate of drug-likeness (QED) is 0.377. The Morgan fingerprint density at radius 3 is 2.80 bits per heavy atom. The van der Waals surface area contributed by atoms with Crippen molar-refractivity contribution in [3.05, 3.63) is 70.0 Å². The molecule has 186 valence electrons. The summed E-state index contributed by atoms with van der Waals surface area (Å²) in [4.78, 5) is 19.0. The topological polar surface area (TPSA) is 94.1 Å². The van der Waals surface area contributed by atoms with Crippen LogP contribution in [0.3, 0.4) is 0 Å². The van der Waals surface area contributed by atoms with E-state index in [0.717, 1.165) is 5.69 Å². The largest absolute Gasteiger partial charge is 0.481 e. The van der Waals surface area contributed by atoms with Crippen molar-refractivity contribution in [1.82, 2.24) is 20.1 Å². The SMILES string of the molecule is CC[C@@H]1C[C@](Cc2nc(Nc3cc(C)[nH]n3)ccc2F)(C(=O)O)CCN1Cc1cccc(Cl)c1F. The van der Waals surface area contributed by atoms with Crippen LogP contribution in [0.1, 0.15) is 43.1 Å². The molecule has 2 aromatic heterocycles. The first-order valence-corrected chi connectivity index (χ1v) is 11.9. The van der Waals surface area contributed by atoms with Crippen molar-refractivity contribution in [3.8, 4) is 0 Å². The number of halogens is 3. The van der Waals surface area contributed by atoms with E-state index < -0.39 is 23.0 Å². The minimum absolute atomic E-state index is 0.0425. The lowest BCUT2D eigenvalue weighted by Crippen LogP contribution is -2.50. The Hall–Kier alpha value is -3.04. The number of anilines is 2. The third-order valence-electron chi connectivity index (χ3n) is 6.74. The van der Waals surface area contributed by atoms with Gasteiger partial charge in [-0.2, -0.15) is 5.10 Å². The molecule has 35 heavy (non-hydrogen) atoms. The van der Waals surface area contributed by atoms with Crippen LogP contribution in [0.25, 0.3) is 0 Å². The second-order valence-electron chi connectivity index (χ2n) is 9.15. The number of hydrogen-bond acceptors (Lipinski definition) is 5. The first kappa shape index (κ1) is 25.1. The fraction of sp³-hybridized carbons (Fsp3) is 0.400. The zero-order valence-electron chi connectivity index (χ0n) is 19.6. The molecule has 1 saturated heterocycles. The summed E-state index contributed by atoms with van der Waals surface area (Å²) in [6.07, 6.45) is 1.23. The molecule has 0 amide bonds. The van der Waals surface area contributed by atoms with Gasteiger partial charge in [-0.3, -0.25) is 14.8 Å². The fourth-order valence-electron chi connectivity index (χ4n) is 4.76. The van der Waals surface area contributed by atoms with Crippen LogP contribution in [0, 0.1) is 24.0 Å². The second-order valence-corrected chi connectivity index (χ2v) is 9.56. The number of aromatic nitrogens is 3. The van der Waals surface area contributed by atoms with Gasteiger partial charge < -0.3 is 10.4 Å². The number of likely N-dealkylation sites (tertiary alicyclic amines) is 1. The number of hydrogen-bond donors (Lipinski definition) is 3. The van der Waals surface area contributed by atoms with Crippen molar-refractivity contribution in [1.29, 1.82) is 0 Å². The molecule has 0 radical (unpaired) electrons. The molecular weight excluding hydrogens is 476 g/mol. The van der Waals surface area contributed by atoms with Crippen molar-refractivity contribution >= 4 is 29.2 Å². The summed E-state index contributed by atoms with van der Waals surface area (Å²) in [5.74, 6) is -1.07. The van der Waals surface area contributed by atoms with E-state index >= 15 is 0 Å². The number of nitrogens with one attached hydrogen (secondary N) is 2. The minimum Gasteiger partial charge on any atom is -0.481 e. The van der Waals surface area contributed by atoms with Gasteiger partial charge in [0.15, 0.2) is 5.82 Å². The molecule has 0 spiro atoms. The third-order valence-corrected chi connectivity index (χ3v) is 7.03. The van der Waals surface area contributed by atoms with E-state index in [-0.39, 0.29) is 23.2 Å². The number of H-pyrrole nitrogens is 1. The van der Waals surface area contributed by atoms with E-state index in [1.54, 1.807) is 18.2 Å². The highest BCUT2D eigenvalue weighted by Gasteiger charge is 2.46. The summed E-state index contributed by atoms with van der Waals surface area (Å²) in [7, 11) is 0. The van der Waals surface area contributed by atoms with E-state index in [1.807, 2.05) is 13.8 Å². The number of pyridine rings is 1. The van der Waals surface area contributed by atoms with E-state index in [0.29, 0.717) is 49.6 Å². The lowest BCUT2D eigenvalue weighted by molar-refractivity contribution is -0.154. The lowest BCUT2D eigenvalue weighted by Gasteiger charge is -2.44. The van der Waals surface area contributed by atoms with Gasteiger partial charge in [-0.1, -0.05) is 30.7 Å². The number of piperidine rings is 1. The normalized spacial score (nSPS) is 20.7. The van der Waals surface area contributed by atoms with E-state index in [2.05, 4.69) is 25.4 Å². The summed E-state index contributed by atoms with van der Waals surface area (Å²) in [6.45, 7) is 4.59. The Morgan fingerprint density at radius 1 is 1.31 bits per heavy atom. The van der Waals surface area contributed by atoms with Crippen LogP contribution in [0.2, 0.25) is 5.02 Å². The number of benzene rings is 1. The highest BCUT2D eigenvalue weighted by atomic mass is 35.5. The molecular formula is C25H28ClF2N5O2. The highest BCUT2D eigenvalue weighted by molar-refractivity contribution is 6.30. The van der Waals surface area contributed by atoms with Crippen molar-refractivity contribution in [2.45, 2.75) is 52.1 Å². The summed E-state index contributed by atoms with van der Waals surface area (Å²) in [5, 5.41) is 20.2. The Bertz CT molecular complexity index is 1220. The van der Waals surface area contributed by atoms with Crippen molar-refractivity contribution in [2.24, 2.45) is 5.41 Å². The first-order chi connectivity index (χ1) is 16.7. The standard InChI is InChI=1S/C25H28ClF2N5O2/c1-3-17-12-25(24(34)35,9-10-33(17)14-16-5-4-6-18(26)23(16)28)13-20-19(27)7-8-21(29-20)30-22-11-15(2)31-32-22/h4-8,11,17H,3,9-10,12-14H2,1-2H3,(H,34,35)(H2,29,30,31,32)/t17-,25-/m1/s1. The number of rotatable bonds is 8. The van der Waals surface area contributed by atoms with Gasteiger partial charge in [0.05, 0.1) is 16.1 Å². The first-order valence-electron chi connectivity index (χ1n) is 11.6. The van der Waals surface area contributed by atoms with Gasteiger partial charge >= 0.3 is 5.97 Å². The Balaban J connectivity index is 1.54. The molecule has 2 atom stereocenters. The molecule has 1 fully saturated rings. The molecule has 4 rings (SSSR count). The maximum Gasteiger partial charge on any atom is 0.310 e. The van der Waals surface area contributed by atoms with Gasteiger partial charge in [0, 0.05) is 36.3 Å². The maximum absolute atomic E-state index is 14.8. The van der Waals surface area contributed by atoms with Crippen LogP contribution in [-0.2, 0) is 17.8 Å². The maximum atomic E-state index is 14.8. The van der Waals surface area contributed by atoms with Gasteiger partial charge in [-0.25, -0.2) is 13.8 Å². The van der Waals surface area contributed by atoms with Gasteiger partial charge in [0.1, 0.15) is 17.5 Å². The molecule has 1 aliphatic rings. The predicted octanol–water partition coefficient (Wildman–Crippen LogP) is 5.48. The molecule has 3 N–H and O–H groups in total. The monoisotopic (exact) mass is 503 g/mol. The number of carboxylic acids is 1. The summed E-state index contributed by atoms with van der Waals surface area (Å²) in [6, 6.07) is 9.34. The van der Waals surface area contributed by atoms with Crippen LogP contribution >= 0.6 is 11.6 Å². The average Bonchev–Trinajstić information content (AvgIpc) is 3.24. The Labute approximate surface area is 207 Å². The molecule has 3 heterocycles. The number of nitrogens with zero attached hydrogens (tertiary/aromatic N) is 3. The van der Waals surface area contributed by atoms with Gasteiger partial charge in [-0.15, -0.1) is 0 Å². The Morgan fingerprint density at radius 2 is 2.11 bits per heavy atom. The molecule has 3 aromatic rings. The van der Waals surface area contributed by atoms with Crippen LogP contribution in [0.15, 0.2) is 36.4 Å². The van der Waals surface area contributed by atoms with Gasteiger partial charge in [0.2, 0.25) is 0 Å². The second kappa shape index (κ2) is 10.3. The number of carbonyl (C=O) groups is 1. The number of carboxylic acid groups (broad SMARTS) is 1. The average molecular weight is 504 g/mol. The highest BCUT2D eigenvalue weighted by Crippen LogP contribution is 2.40. The van der Waals surface area contributed by atoms with Crippen molar-refractivity contribution in [2.75, 3.05) is 11.9 Å².